The van der Waals surface area contributed by atoms with Gasteiger partial charge in [-0.1, -0.05) is 23.9 Å². The van der Waals surface area contributed by atoms with Crippen molar-refractivity contribution in [2.45, 2.75) is 23.9 Å². The van der Waals surface area contributed by atoms with Gasteiger partial charge in [-0.15, -0.1) is 11.3 Å². The smallest absolute Gasteiger partial charge is 0.272 e. The largest absolute Gasteiger partial charge is 0.337 e. The van der Waals surface area contributed by atoms with Crippen LogP contribution in [0.15, 0.2) is 59.9 Å². The third-order valence-corrected chi connectivity index (χ3v) is 7.51. The minimum absolute atomic E-state index is 0.0418. The minimum atomic E-state index is -0.306. The SMILES string of the molecule is CSc1ncc(C(=O)N2CCC(c3nc4ccccc4s3)CC2)n1-c1ccc(F)cc1. The zero-order valence-electron chi connectivity index (χ0n) is 17.0. The highest BCUT2D eigenvalue weighted by atomic mass is 32.2. The Kier molecular flexibility index (Phi) is 5.50. The standard InChI is InChI=1S/C23H21FN4OS2/c1-30-23-25-14-19(28(23)17-8-6-16(24)7-9-17)22(29)27-12-10-15(11-13-27)21-26-18-4-2-3-5-20(18)31-21/h2-9,14-15H,10-13H2,1H3. The van der Waals surface area contributed by atoms with Crippen molar-refractivity contribution < 1.29 is 9.18 Å². The van der Waals surface area contributed by atoms with E-state index in [0.29, 0.717) is 29.9 Å². The summed E-state index contributed by atoms with van der Waals surface area (Å²) in [6.07, 6.45) is 5.33. The van der Waals surface area contributed by atoms with Gasteiger partial charge in [0.05, 0.1) is 21.4 Å². The summed E-state index contributed by atoms with van der Waals surface area (Å²) in [7, 11) is 0. The Bertz CT molecular complexity index is 1190. The lowest BCUT2D eigenvalue weighted by molar-refractivity contribution is 0.0704. The maximum Gasteiger partial charge on any atom is 0.272 e. The molecule has 1 amide bonds. The molecule has 1 fully saturated rings. The summed E-state index contributed by atoms with van der Waals surface area (Å²) in [4.78, 5) is 24.5. The van der Waals surface area contributed by atoms with Crippen LogP contribution in [-0.4, -0.2) is 44.7 Å². The summed E-state index contributed by atoms with van der Waals surface area (Å²) in [6.45, 7) is 1.37. The van der Waals surface area contributed by atoms with E-state index >= 15 is 0 Å². The van der Waals surface area contributed by atoms with Crippen LogP contribution in [0.4, 0.5) is 4.39 Å². The van der Waals surface area contributed by atoms with Crippen LogP contribution in [-0.2, 0) is 0 Å². The maximum atomic E-state index is 13.4. The topological polar surface area (TPSA) is 51.0 Å². The Hall–Kier alpha value is -2.71. The molecule has 4 aromatic rings. The molecule has 1 aliphatic rings. The Morgan fingerprint density at radius 1 is 1.13 bits per heavy atom. The van der Waals surface area contributed by atoms with Gasteiger partial charge in [0.15, 0.2) is 5.16 Å². The molecular weight excluding hydrogens is 431 g/mol. The van der Waals surface area contributed by atoms with Crippen LogP contribution in [0.5, 0.6) is 0 Å². The molecule has 5 nitrogen and oxygen atoms in total. The predicted octanol–water partition coefficient (Wildman–Crippen LogP) is 5.36. The quantitative estimate of drug-likeness (QED) is 0.391. The molecule has 3 heterocycles. The molecule has 0 radical (unpaired) electrons. The number of hydrogen-bond donors (Lipinski definition) is 0. The second-order valence-corrected chi connectivity index (χ2v) is 9.36. The second kappa shape index (κ2) is 8.43. The van der Waals surface area contributed by atoms with E-state index in [1.165, 1.54) is 28.6 Å². The Morgan fingerprint density at radius 2 is 1.87 bits per heavy atom. The van der Waals surface area contributed by atoms with Crippen LogP contribution in [0.2, 0.25) is 0 Å². The van der Waals surface area contributed by atoms with E-state index in [2.05, 4.69) is 11.1 Å². The molecule has 1 saturated heterocycles. The number of benzene rings is 2. The van der Waals surface area contributed by atoms with Crippen molar-refractivity contribution in [1.29, 1.82) is 0 Å². The number of thiazole rings is 1. The average Bonchev–Trinajstić information content (AvgIpc) is 3.43. The molecule has 0 spiro atoms. The first-order chi connectivity index (χ1) is 15.1. The molecule has 0 bridgehead atoms. The number of imidazole rings is 1. The van der Waals surface area contributed by atoms with Crippen molar-refractivity contribution in [2.24, 2.45) is 0 Å². The molecule has 5 rings (SSSR count). The maximum absolute atomic E-state index is 13.4. The normalized spacial score (nSPS) is 15.0. The van der Waals surface area contributed by atoms with Crippen molar-refractivity contribution in [3.63, 3.8) is 0 Å². The monoisotopic (exact) mass is 452 g/mol. The van der Waals surface area contributed by atoms with E-state index < -0.39 is 0 Å². The highest BCUT2D eigenvalue weighted by molar-refractivity contribution is 7.98. The summed E-state index contributed by atoms with van der Waals surface area (Å²) >= 11 is 3.21. The lowest BCUT2D eigenvalue weighted by atomic mass is 9.97. The molecule has 0 N–H and O–H groups in total. The lowest BCUT2D eigenvalue weighted by Crippen LogP contribution is -2.38. The number of aromatic nitrogens is 3. The fourth-order valence-electron chi connectivity index (χ4n) is 4.03. The molecule has 0 atom stereocenters. The van der Waals surface area contributed by atoms with E-state index in [1.54, 1.807) is 29.7 Å². The van der Waals surface area contributed by atoms with Crippen molar-refractivity contribution in [3.05, 3.63) is 71.2 Å². The van der Waals surface area contributed by atoms with E-state index in [1.807, 2.05) is 33.9 Å². The highest BCUT2D eigenvalue weighted by Crippen LogP contribution is 2.34. The number of amides is 1. The van der Waals surface area contributed by atoms with E-state index in [0.717, 1.165) is 29.1 Å². The molecule has 0 unspecified atom stereocenters. The number of fused-ring (bicyclic) bond motifs is 1. The molecular formula is C23H21FN4OS2. The summed E-state index contributed by atoms with van der Waals surface area (Å²) < 4.78 is 16.4. The minimum Gasteiger partial charge on any atom is -0.337 e. The first kappa shape index (κ1) is 20.2. The number of hydrogen-bond acceptors (Lipinski definition) is 5. The van der Waals surface area contributed by atoms with Gasteiger partial charge in [0, 0.05) is 24.7 Å². The van der Waals surface area contributed by atoms with E-state index in [-0.39, 0.29) is 11.7 Å². The van der Waals surface area contributed by atoms with Crippen molar-refractivity contribution in [2.75, 3.05) is 19.3 Å². The van der Waals surface area contributed by atoms with Crippen LogP contribution in [0, 0.1) is 5.82 Å². The third-order valence-electron chi connectivity index (χ3n) is 5.66. The number of rotatable bonds is 4. The number of likely N-dealkylation sites (tertiary alicyclic amines) is 1. The number of piperidine rings is 1. The molecule has 8 heteroatoms. The zero-order chi connectivity index (χ0) is 21.4. The third kappa shape index (κ3) is 3.85. The van der Waals surface area contributed by atoms with Gasteiger partial charge in [0.2, 0.25) is 0 Å². The predicted molar refractivity (Wildman–Crippen MR) is 123 cm³/mol. The Morgan fingerprint density at radius 3 is 2.58 bits per heavy atom. The van der Waals surface area contributed by atoms with E-state index in [4.69, 9.17) is 4.98 Å². The van der Waals surface area contributed by atoms with Gasteiger partial charge in [0.1, 0.15) is 11.5 Å². The van der Waals surface area contributed by atoms with Gasteiger partial charge in [-0.2, -0.15) is 0 Å². The van der Waals surface area contributed by atoms with Crippen LogP contribution >= 0.6 is 23.1 Å². The Balaban J connectivity index is 1.35. The van der Waals surface area contributed by atoms with E-state index in [9.17, 15) is 9.18 Å². The van der Waals surface area contributed by atoms with Crippen molar-refractivity contribution in [1.82, 2.24) is 19.4 Å². The zero-order valence-corrected chi connectivity index (χ0v) is 18.6. The number of halogens is 1. The number of nitrogens with zero attached hydrogens (tertiary/aromatic N) is 4. The molecule has 158 valence electrons. The van der Waals surface area contributed by atoms with Gasteiger partial charge < -0.3 is 4.90 Å². The number of para-hydroxylation sites is 1. The lowest BCUT2D eigenvalue weighted by Gasteiger charge is -2.31. The van der Waals surface area contributed by atoms with Gasteiger partial charge in [-0.25, -0.2) is 14.4 Å². The van der Waals surface area contributed by atoms with Gasteiger partial charge in [0.25, 0.3) is 5.91 Å². The van der Waals surface area contributed by atoms with Gasteiger partial charge >= 0.3 is 0 Å². The molecule has 2 aromatic heterocycles. The first-order valence-corrected chi connectivity index (χ1v) is 12.2. The van der Waals surface area contributed by atoms with Crippen LogP contribution in [0.1, 0.15) is 34.3 Å². The van der Waals surface area contributed by atoms with Crippen LogP contribution < -0.4 is 0 Å². The molecule has 0 aliphatic carbocycles. The fourth-order valence-corrected chi connectivity index (χ4v) is 5.71. The average molecular weight is 453 g/mol. The van der Waals surface area contributed by atoms with Crippen molar-refractivity contribution in [3.8, 4) is 5.69 Å². The summed E-state index contributed by atoms with van der Waals surface area (Å²) in [5.74, 6) is 0.0319. The molecule has 31 heavy (non-hydrogen) atoms. The van der Waals surface area contributed by atoms with Crippen LogP contribution in [0.3, 0.4) is 0 Å². The van der Waals surface area contributed by atoms with Gasteiger partial charge in [-0.05, 0) is 55.5 Å². The Labute approximate surface area is 187 Å². The molecule has 2 aromatic carbocycles. The summed E-state index contributed by atoms with van der Waals surface area (Å²) in [6, 6.07) is 14.4. The number of carbonyl (C=O) groups excluding carboxylic acids is 1. The first-order valence-electron chi connectivity index (χ1n) is 10.2. The number of thioether (sulfide) groups is 1. The number of carbonyl (C=O) groups is 1. The highest BCUT2D eigenvalue weighted by Gasteiger charge is 2.29. The molecule has 0 saturated carbocycles. The summed E-state index contributed by atoms with van der Waals surface area (Å²) in [5, 5.41) is 1.87. The van der Waals surface area contributed by atoms with Crippen molar-refractivity contribution >= 4 is 39.2 Å². The van der Waals surface area contributed by atoms with Crippen LogP contribution in [0.25, 0.3) is 15.9 Å². The fraction of sp³-hybridized carbons (Fsp3) is 0.261. The van der Waals surface area contributed by atoms with Gasteiger partial charge in [-0.3, -0.25) is 9.36 Å². The second-order valence-electron chi connectivity index (χ2n) is 7.53. The summed E-state index contributed by atoms with van der Waals surface area (Å²) in [5.41, 5.74) is 2.29. The molecule has 1 aliphatic heterocycles.